The second-order valence-corrected chi connectivity index (χ2v) is 6.54. The number of anilines is 1. The molecule has 0 radical (unpaired) electrons. The van der Waals surface area contributed by atoms with E-state index < -0.39 is 17.8 Å². The second-order valence-electron chi connectivity index (χ2n) is 5.67. The van der Waals surface area contributed by atoms with Crippen molar-refractivity contribution in [2.75, 3.05) is 5.32 Å². The van der Waals surface area contributed by atoms with Gasteiger partial charge in [0.05, 0.1) is 11.8 Å². The molecule has 118 valence electrons. The molecular weight excluding hydrogens is 325 g/mol. The van der Waals surface area contributed by atoms with Gasteiger partial charge >= 0.3 is 5.97 Å². The van der Waals surface area contributed by atoms with E-state index in [0.29, 0.717) is 28.6 Å². The van der Waals surface area contributed by atoms with E-state index in [9.17, 15) is 14.7 Å². The van der Waals surface area contributed by atoms with E-state index in [1.807, 2.05) is 13.8 Å². The lowest BCUT2D eigenvalue weighted by Crippen LogP contribution is -2.36. The van der Waals surface area contributed by atoms with Crippen molar-refractivity contribution in [2.45, 2.75) is 26.7 Å². The zero-order chi connectivity index (χ0) is 16.4. The van der Waals surface area contributed by atoms with Crippen molar-refractivity contribution >= 4 is 40.8 Å². The van der Waals surface area contributed by atoms with Crippen molar-refractivity contribution in [3.05, 3.63) is 39.4 Å². The third kappa shape index (κ3) is 3.81. The summed E-state index contributed by atoms with van der Waals surface area (Å²) in [5.41, 5.74) is 2.58. The van der Waals surface area contributed by atoms with E-state index in [2.05, 4.69) is 5.32 Å². The summed E-state index contributed by atoms with van der Waals surface area (Å²) < 4.78 is 0. The molecule has 4 nitrogen and oxygen atoms in total. The van der Waals surface area contributed by atoms with E-state index in [0.717, 1.165) is 11.1 Å². The molecule has 1 aliphatic carbocycles. The minimum absolute atomic E-state index is 0.322. The number of carboxylic acid groups (broad SMARTS) is 1. The average Bonchev–Trinajstić information content (AvgIpc) is 2.39. The van der Waals surface area contributed by atoms with Crippen LogP contribution in [0.5, 0.6) is 0 Å². The third-order valence-corrected chi connectivity index (χ3v) is 4.49. The van der Waals surface area contributed by atoms with E-state index >= 15 is 0 Å². The number of carbonyl (C=O) groups is 2. The quantitative estimate of drug-likeness (QED) is 0.801. The number of carbonyl (C=O) groups excluding carboxylic acids is 1. The molecule has 1 aromatic carbocycles. The van der Waals surface area contributed by atoms with Crippen LogP contribution in [0.25, 0.3) is 0 Å². The van der Waals surface area contributed by atoms with E-state index in [1.54, 1.807) is 18.2 Å². The van der Waals surface area contributed by atoms with Crippen molar-refractivity contribution in [1.82, 2.24) is 0 Å². The molecule has 2 atom stereocenters. The van der Waals surface area contributed by atoms with Crippen molar-refractivity contribution in [1.29, 1.82) is 0 Å². The lowest BCUT2D eigenvalue weighted by atomic mass is 9.76. The molecule has 0 saturated carbocycles. The monoisotopic (exact) mass is 341 g/mol. The predicted molar refractivity (Wildman–Crippen MR) is 87.3 cm³/mol. The van der Waals surface area contributed by atoms with Gasteiger partial charge in [0.25, 0.3) is 0 Å². The Labute approximate surface area is 139 Å². The fourth-order valence-corrected chi connectivity index (χ4v) is 3.21. The fraction of sp³-hybridized carbons (Fsp3) is 0.375. The average molecular weight is 342 g/mol. The lowest BCUT2D eigenvalue weighted by molar-refractivity contribution is -0.146. The first-order valence-electron chi connectivity index (χ1n) is 6.93. The first kappa shape index (κ1) is 16.8. The van der Waals surface area contributed by atoms with E-state index in [-0.39, 0.29) is 5.91 Å². The Bertz CT molecular complexity index is 635. The summed E-state index contributed by atoms with van der Waals surface area (Å²) in [4.78, 5) is 23.9. The summed E-state index contributed by atoms with van der Waals surface area (Å²) in [5, 5.41) is 12.9. The third-order valence-electron chi connectivity index (χ3n) is 4.05. The molecule has 2 N–H and O–H groups in total. The predicted octanol–water partition coefficient (Wildman–Crippen LogP) is 4.38. The van der Waals surface area contributed by atoms with Gasteiger partial charge < -0.3 is 10.4 Å². The molecule has 0 bridgehead atoms. The molecule has 0 aromatic heterocycles. The molecule has 0 fully saturated rings. The van der Waals surface area contributed by atoms with Gasteiger partial charge in [-0.15, -0.1) is 0 Å². The number of halogens is 2. The maximum Gasteiger partial charge on any atom is 0.307 e. The summed E-state index contributed by atoms with van der Waals surface area (Å²) in [6, 6.07) is 4.73. The highest BCUT2D eigenvalue weighted by molar-refractivity contribution is 6.35. The summed E-state index contributed by atoms with van der Waals surface area (Å²) >= 11 is 11.8. The Morgan fingerprint density at radius 1 is 1.05 bits per heavy atom. The summed E-state index contributed by atoms with van der Waals surface area (Å²) in [7, 11) is 0. The molecule has 0 heterocycles. The summed E-state index contributed by atoms with van der Waals surface area (Å²) in [5.74, 6) is -2.58. The molecule has 0 aliphatic heterocycles. The molecule has 22 heavy (non-hydrogen) atoms. The zero-order valence-electron chi connectivity index (χ0n) is 12.3. The highest BCUT2D eigenvalue weighted by atomic mass is 35.5. The molecule has 2 rings (SSSR count). The maximum absolute atomic E-state index is 12.5. The van der Waals surface area contributed by atoms with Gasteiger partial charge in [0.1, 0.15) is 0 Å². The second kappa shape index (κ2) is 6.71. The standard InChI is InChI=1S/C16H17Cl2NO3/c1-8-3-13(14(16(21)22)4-9(8)2)15(20)19-12-6-10(17)5-11(18)7-12/h5-7,13-14H,3-4H2,1-2H3,(H,19,20)(H,21,22)/t13-,14+/m0/s1. The molecule has 0 spiro atoms. The summed E-state index contributed by atoms with van der Waals surface area (Å²) in [6.45, 7) is 3.85. The Morgan fingerprint density at radius 3 is 2.05 bits per heavy atom. The first-order chi connectivity index (χ1) is 10.3. The Morgan fingerprint density at radius 2 is 1.55 bits per heavy atom. The minimum Gasteiger partial charge on any atom is -0.481 e. The van der Waals surface area contributed by atoms with Crippen LogP contribution in [0.4, 0.5) is 5.69 Å². The first-order valence-corrected chi connectivity index (χ1v) is 7.68. The van der Waals surface area contributed by atoms with Gasteiger partial charge in [0, 0.05) is 15.7 Å². The number of allylic oxidation sites excluding steroid dienone is 2. The van der Waals surface area contributed by atoms with Crippen molar-refractivity contribution < 1.29 is 14.7 Å². The van der Waals surface area contributed by atoms with Gasteiger partial charge in [-0.1, -0.05) is 34.3 Å². The highest BCUT2D eigenvalue weighted by Crippen LogP contribution is 2.35. The van der Waals surface area contributed by atoms with E-state index in [1.165, 1.54) is 0 Å². The number of carboxylic acids is 1. The van der Waals surface area contributed by atoms with Crippen LogP contribution in [-0.4, -0.2) is 17.0 Å². The van der Waals surface area contributed by atoms with Gasteiger partial charge in [-0.2, -0.15) is 0 Å². The normalized spacial score (nSPS) is 21.6. The molecule has 0 unspecified atom stereocenters. The van der Waals surface area contributed by atoms with Gasteiger partial charge in [0.2, 0.25) is 5.91 Å². The van der Waals surface area contributed by atoms with Crippen molar-refractivity contribution in [2.24, 2.45) is 11.8 Å². The minimum atomic E-state index is -0.948. The van der Waals surface area contributed by atoms with Crippen LogP contribution in [-0.2, 0) is 9.59 Å². The Kier molecular flexibility index (Phi) is 5.14. The van der Waals surface area contributed by atoms with Crippen LogP contribution in [0.3, 0.4) is 0 Å². The number of rotatable bonds is 3. The maximum atomic E-state index is 12.5. The van der Waals surface area contributed by atoms with Crippen molar-refractivity contribution in [3.8, 4) is 0 Å². The molecule has 1 aromatic rings. The molecule has 1 aliphatic rings. The van der Waals surface area contributed by atoms with Crippen LogP contribution in [0.2, 0.25) is 10.0 Å². The topological polar surface area (TPSA) is 66.4 Å². The Balaban J connectivity index is 2.21. The Hall–Kier alpha value is -1.52. The van der Waals surface area contributed by atoms with Crippen LogP contribution in [0.1, 0.15) is 26.7 Å². The number of hydrogen-bond donors (Lipinski definition) is 2. The number of amides is 1. The SMILES string of the molecule is CC1=C(C)C[C@@H](C(=O)O)[C@@H](C(=O)Nc2cc(Cl)cc(Cl)c2)C1. The van der Waals surface area contributed by atoms with Gasteiger partial charge in [-0.3, -0.25) is 9.59 Å². The number of nitrogens with one attached hydrogen (secondary N) is 1. The largest absolute Gasteiger partial charge is 0.481 e. The van der Waals surface area contributed by atoms with Gasteiger partial charge in [-0.05, 0) is 44.9 Å². The van der Waals surface area contributed by atoms with E-state index in [4.69, 9.17) is 23.2 Å². The van der Waals surface area contributed by atoms with Gasteiger partial charge in [-0.25, -0.2) is 0 Å². The number of benzene rings is 1. The summed E-state index contributed by atoms with van der Waals surface area (Å²) in [6.07, 6.45) is 0.846. The smallest absolute Gasteiger partial charge is 0.307 e. The van der Waals surface area contributed by atoms with Crippen molar-refractivity contribution in [3.63, 3.8) is 0 Å². The van der Waals surface area contributed by atoms with Crippen LogP contribution < -0.4 is 5.32 Å². The molecule has 1 amide bonds. The van der Waals surface area contributed by atoms with Crippen LogP contribution >= 0.6 is 23.2 Å². The van der Waals surface area contributed by atoms with Crippen LogP contribution in [0.15, 0.2) is 29.3 Å². The number of hydrogen-bond acceptors (Lipinski definition) is 2. The lowest BCUT2D eigenvalue weighted by Gasteiger charge is -2.29. The highest BCUT2D eigenvalue weighted by Gasteiger charge is 2.37. The number of aliphatic carboxylic acids is 1. The fourth-order valence-electron chi connectivity index (χ4n) is 2.69. The molecule has 6 heteroatoms. The zero-order valence-corrected chi connectivity index (χ0v) is 13.8. The van der Waals surface area contributed by atoms with Crippen LogP contribution in [0, 0.1) is 11.8 Å². The molecular formula is C16H17Cl2NO3. The molecule has 0 saturated heterocycles. The van der Waals surface area contributed by atoms with Gasteiger partial charge in [0.15, 0.2) is 0 Å².